The van der Waals surface area contributed by atoms with Crippen LogP contribution in [0.1, 0.15) is 23.2 Å². The number of rotatable bonds is 6. The molecule has 21 heavy (non-hydrogen) atoms. The molecule has 2 N–H and O–H groups in total. The summed E-state index contributed by atoms with van der Waals surface area (Å²) < 4.78 is 0. The van der Waals surface area contributed by atoms with Crippen LogP contribution >= 0.6 is 0 Å². The first-order valence-electron chi connectivity index (χ1n) is 7.10. The second-order valence-corrected chi connectivity index (χ2v) is 5.02. The van der Waals surface area contributed by atoms with E-state index in [9.17, 15) is 0 Å². The Morgan fingerprint density at radius 1 is 1.24 bits per heavy atom. The van der Waals surface area contributed by atoms with Crippen LogP contribution in [0.5, 0.6) is 0 Å². The van der Waals surface area contributed by atoms with E-state index in [2.05, 4.69) is 28.1 Å². The second kappa shape index (κ2) is 7.41. The molecule has 0 radical (unpaired) electrons. The van der Waals surface area contributed by atoms with E-state index in [1.807, 2.05) is 31.2 Å². The van der Waals surface area contributed by atoms with Gasteiger partial charge in [0.25, 0.3) is 0 Å². The van der Waals surface area contributed by atoms with Crippen LogP contribution in [-0.2, 0) is 6.54 Å². The largest absolute Gasteiger partial charge is 0.352 e. The zero-order valence-corrected chi connectivity index (χ0v) is 12.3. The summed E-state index contributed by atoms with van der Waals surface area (Å²) in [5, 5.41) is 9.12. The van der Waals surface area contributed by atoms with Gasteiger partial charge in [0.05, 0.1) is 11.6 Å². The summed E-state index contributed by atoms with van der Waals surface area (Å²) in [4.78, 5) is 6.74. The predicted octanol–water partition coefficient (Wildman–Crippen LogP) is 2.62. The van der Waals surface area contributed by atoms with Crippen LogP contribution in [0, 0.1) is 18.3 Å². The fraction of sp³-hybridized carbons (Fsp3) is 0.294. The van der Waals surface area contributed by atoms with Crippen LogP contribution in [0.25, 0.3) is 0 Å². The van der Waals surface area contributed by atoms with E-state index >= 15 is 0 Å². The Labute approximate surface area is 125 Å². The molecule has 2 rings (SSSR count). The Morgan fingerprint density at radius 2 is 2.00 bits per heavy atom. The molecule has 0 saturated heterocycles. The third-order valence-electron chi connectivity index (χ3n) is 3.24. The monoisotopic (exact) mass is 280 g/mol. The fourth-order valence-corrected chi connectivity index (χ4v) is 2.24. The van der Waals surface area contributed by atoms with Gasteiger partial charge in [0, 0.05) is 18.8 Å². The van der Waals surface area contributed by atoms with Gasteiger partial charge in [0.1, 0.15) is 5.82 Å². The molecule has 4 heteroatoms. The third-order valence-corrected chi connectivity index (χ3v) is 3.24. The van der Waals surface area contributed by atoms with E-state index in [1.165, 1.54) is 5.56 Å². The van der Waals surface area contributed by atoms with E-state index in [-0.39, 0.29) is 0 Å². The highest BCUT2D eigenvalue weighted by atomic mass is 15.2. The minimum absolute atomic E-state index is 0.641. The van der Waals surface area contributed by atoms with Gasteiger partial charge in [0.15, 0.2) is 0 Å². The molecule has 0 atom stereocenters. The molecule has 1 aromatic heterocycles. The topological polar surface area (TPSA) is 65.9 Å². The lowest BCUT2D eigenvalue weighted by molar-refractivity contribution is 0.724. The van der Waals surface area contributed by atoms with Crippen molar-refractivity contribution in [2.45, 2.75) is 19.9 Å². The van der Waals surface area contributed by atoms with Crippen molar-refractivity contribution in [3.05, 3.63) is 59.3 Å². The molecule has 1 aromatic carbocycles. The van der Waals surface area contributed by atoms with Crippen LogP contribution in [0.4, 0.5) is 5.82 Å². The number of hydrogen-bond acceptors (Lipinski definition) is 4. The minimum atomic E-state index is 0.641. The predicted molar refractivity (Wildman–Crippen MR) is 84.9 cm³/mol. The minimum Gasteiger partial charge on any atom is -0.352 e. The van der Waals surface area contributed by atoms with E-state index < -0.39 is 0 Å². The lowest BCUT2D eigenvalue weighted by Gasteiger charge is -2.24. The Balaban J connectivity index is 2.27. The Kier molecular flexibility index (Phi) is 5.30. The van der Waals surface area contributed by atoms with Gasteiger partial charge in [-0.25, -0.2) is 4.98 Å². The number of anilines is 1. The molecule has 0 unspecified atom stereocenters. The van der Waals surface area contributed by atoms with Crippen molar-refractivity contribution >= 4 is 5.82 Å². The average Bonchev–Trinajstić information content (AvgIpc) is 2.51. The molecule has 4 nitrogen and oxygen atoms in total. The van der Waals surface area contributed by atoms with Crippen molar-refractivity contribution in [3.8, 4) is 6.07 Å². The van der Waals surface area contributed by atoms with Gasteiger partial charge < -0.3 is 10.6 Å². The first-order chi connectivity index (χ1) is 10.2. The molecule has 0 fully saturated rings. The number of aryl methyl sites for hydroxylation is 1. The van der Waals surface area contributed by atoms with Crippen LogP contribution in [-0.4, -0.2) is 18.1 Å². The Morgan fingerprint density at radius 3 is 2.67 bits per heavy atom. The maximum atomic E-state index is 9.12. The normalized spacial score (nSPS) is 10.1. The Bertz CT molecular complexity index is 616. The van der Waals surface area contributed by atoms with E-state index in [0.717, 1.165) is 31.0 Å². The van der Waals surface area contributed by atoms with E-state index in [1.54, 1.807) is 6.07 Å². The maximum absolute atomic E-state index is 9.12. The zero-order valence-electron chi connectivity index (χ0n) is 12.3. The van der Waals surface area contributed by atoms with E-state index in [0.29, 0.717) is 12.1 Å². The van der Waals surface area contributed by atoms with Crippen molar-refractivity contribution < 1.29 is 0 Å². The van der Waals surface area contributed by atoms with Gasteiger partial charge in [-0.1, -0.05) is 30.3 Å². The molecule has 0 aliphatic heterocycles. The van der Waals surface area contributed by atoms with Gasteiger partial charge in [-0.2, -0.15) is 5.26 Å². The molecular formula is C17H20N4. The molecule has 0 aliphatic carbocycles. The van der Waals surface area contributed by atoms with Crippen molar-refractivity contribution in [2.24, 2.45) is 5.73 Å². The lowest BCUT2D eigenvalue weighted by Crippen LogP contribution is -2.26. The first kappa shape index (κ1) is 15.0. The van der Waals surface area contributed by atoms with Gasteiger partial charge in [0.2, 0.25) is 0 Å². The smallest absolute Gasteiger partial charge is 0.130 e. The van der Waals surface area contributed by atoms with Crippen LogP contribution < -0.4 is 10.6 Å². The van der Waals surface area contributed by atoms with Gasteiger partial charge in [-0.3, -0.25) is 0 Å². The third kappa shape index (κ3) is 4.30. The number of nitrogens with two attached hydrogens (primary N) is 1. The van der Waals surface area contributed by atoms with Crippen molar-refractivity contribution in [2.75, 3.05) is 18.0 Å². The molecule has 0 bridgehead atoms. The second-order valence-electron chi connectivity index (χ2n) is 5.02. The molecule has 0 saturated carbocycles. The highest BCUT2D eigenvalue weighted by molar-refractivity contribution is 5.47. The van der Waals surface area contributed by atoms with E-state index in [4.69, 9.17) is 11.0 Å². The number of aromatic nitrogens is 1. The van der Waals surface area contributed by atoms with Crippen molar-refractivity contribution in [1.29, 1.82) is 5.26 Å². The van der Waals surface area contributed by atoms with Crippen LogP contribution in [0.15, 0.2) is 42.5 Å². The number of pyridine rings is 1. The first-order valence-corrected chi connectivity index (χ1v) is 7.10. The quantitative estimate of drug-likeness (QED) is 0.883. The van der Waals surface area contributed by atoms with Gasteiger partial charge >= 0.3 is 0 Å². The highest BCUT2D eigenvalue weighted by Crippen LogP contribution is 2.18. The molecule has 1 heterocycles. The fourth-order valence-electron chi connectivity index (χ4n) is 2.24. The summed E-state index contributed by atoms with van der Waals surface area (Å²) in [7, 11) is 0. The molecule has 0 amide bonds. The molecule has 0 aliphatic rings. The SMILES string of the molecule is Cc1cc(C#N)cc(N(CCCN)Cc2ccccc2)n1. The lowest BCUT2D eigenvalue weighted by atomic mass is 10.2. The van der Waals surface area contributed by atoms with Crippen LogP contribution in [0.3, 0.4) is 0 Å². The average molecular weight is 280 g/mol. The summed E-state index contributed by atoms with van der Waals surface area (Å²) in [6.45, 7) is 4.14. The highest BCUT2D eigenvalue weighted by Gasteiger charge is 2.10. The number of hydrogen-bond donors (Lipinski definition) is 1. The van der Waals surface area contributed by atoms with Gasteiger partial charge in [-0.15, -0.1) is 0 Å². The summed E-state index contributed by atoms with van der Waals surface area (Å²) in [6, 6.07) is 16.1. The summed E-state index contributed by atoms with van der Waals surface area (Å²) >= 11 is 0. The maximum Gasteiger partial charge on any atom is 0.130 e. The number of nitriles is 1. The number of benzene rings is 1. The Hall–Kier alpha value is -2.38. The summed E-state index contributed by atoms with van der Waals surface area (Å²) in [5.41, 5.74) is 8.35. The zero-order chi connectivity index (χ0) is 15.1. The molecule has 0 spiro atoms. The molecule has 2 aromatic rings. The van der Waals surface area contributed by atoms with Crippen molar-refractivity contribution in [1.82, 2.24) is 4.98 Å². The van der Waals surface area contributed by atoms with Gasteiger partial charge in [-0.05, 0) is 37.6 Å². The van der Waals surface area contributed by atoms with Crippen LogP contribution in [0.2, 0.25) is 0 Å². The molecule has 108 valence electrons. The van der Waals surface area contributed by atoms with Crippen molar-refractivity contribution in [3.63, 3.8) is 0 Å². The molecular weight excluding hydrogens is 260 g/mol. The standard InChI is InChI=1S/C17H20N4/c1-14-10-16(12-19)11-17(20-14)21(9-5-8-18)13-15-6-3-2-4-7-15/h2-4,6-7,10-11H,5,8-9,13,18H2,1H3. The summed E-state index contributed by atoms with van der Waals surface area (Å²) in [5.74, 6) is 0.837. The summed E-state index contributed by atoms with van der Waals surface area (Å²) in [6.07, 6.45) is 0.893. The number of nitrogens with zero attached hydrogens (tertiary/aromatic N) is 3.